The molecule has 316 valence electrons. The van der Waals surface area contributed by atoms with E-state index in [1.54, 1.807) is 30.3 Å². The molecule has 2 N–H and O–H groups in total. The number of carboxylic acid groups (broad SMARTS) is 1. The third-order valence-electron chi connectivity index (χ3n) is 9.93. The van der Waals surface area contributed by atoms with Crippen LogP contribution in [0.4, 0.5) is 11.6 Å². The van der Waals surface area contributed by atoms with Crippen LogP contribution in [-0.2, 0) is 17.6 Å². The summed E-state index contributed by atoms with van der Waals surface area (Å²) in [5, 5.41) is 16.3. The Balaban J connectivity index is 0.000000222. The summed E-state index contributed by atoms with van der Waals surface area (Å²) in [6.45, 7) is 1.56. The van der Waals surface area contributed by atoms with Crippen molar-refractivity contribution in [1.29, 1.82) is 0 Å². The van der Waals surface area contributed by atoms with E-state index >= 15 is 0 Å². The maximum absolute atomic E-state index is 11.9. The molecule has 0 saturated carbocycles. The van der Waals surface area contributed by atoms with Gasteiger partial charge in [-0.05, 0) is 60.4 Å². The number of ether oxygens (including phenoxy) is 1. The van der Waals surface area contributed by atoms with Crippen molar-refractivity contribution in [2.24, 2.45) is 0 Å². The number of nitrogens with zero attached hydrogens (tertiary/aromatic N) is 6. The van der Waals surface area contributed by atoms with Crippen molar-refractivity contribution >= 4 is 45.6 Å². The average molecular weight is 829 g/mol. The molecule has 0 aliphatic rings. The molecule has 11 heteroatoms. The largest absolute Gasteiger partial charge is 0.478 e. The number of aromatic carboxylic acids is 1. The number of likely N-dealkylation sites (N-methyl/N-ethyl adjacent to an activating group) is 2. The number of rotatable bonds is 12. The maximum atomic E-state index is 11.9. The summed E-state index contributed by atoms with van der Waals surface area (Å²) in [6, 6.07) is 50.8. The minimum atomic E-state index is -0.972. The molecule has 6 aromatic carbocycles. The number of esters is 1. The highest BCUT2D eigenvalue weighted by atomic mass is 16.5. The molecule has 0 atom stereocenters. The van der Waals surface area contributed by atoms with E-state index in [1.165, 1.54) is 18.2 Å². The van der Waals surface area contributed by atoms with Gasteiger partial charge in [0, 0.05) is 45.4 Å². The minimum absolute atomic E-state index is 0. The van der Waals surface area contributed by atoms with Crippen LogP contribution in [0.2, 0.25) is 0 Å². The molecule has 8 rings (SSSR count). The molecule has 0 spiro atoms. The number of anilines is 2. The Morgan fingerprint density at radius 2 is 0.887 bits per heavy atom. The van der Waals surface area contributed by atoms with Crippen LogP contribution in [0.5, 0.6) is 0 Å². The first-order valence-electron chi connectivity index (χ1n) is 19.8. The number of benzene rings is 6. The van der Waals surface area contributed by atoms with Crippen LogP contribution >= 0.6 is 0 Å². The molecule has 0 amide bonds. The van der Waals surface area contributed by atoms with Crippen LogP contribution in [0.1, 0.15) is 39.3 Å². The molecular weight excluding hydrogens is 777 g/mol. The quantitative estimate of drug-likeness (QED) is 0.114. The smallest absolute Gasteiger partial charge is 0.337 e. The average Bonchev–Trinajstić information content (AvgIpc) is 3.33. The van der Waals surface area contributed by atoms with E-state index in [1.807, 2.05) is 105 Å². The summed E-state index contributed by atoms with van der Waals surface area (Å²) < 4.78 is 4.85. The van der Waals surface area contributed by atoms with Crippen molar-refractivity contribution < 1.29 is 24.5 Å². The minimum Gasteiger partial charge on any atom is -0.478 e. The maximum Gasteiger partial charge on any atom is 0.337 e. The van der Waals surface area contributed by atoms with Crippen LogP contribution in [-0.4, -0.2) is 83.5 Å². The molecule has 0 saturated heterocycles. The van der Waals surface area contributed by atoms with E-state index in [0.717, 1.165) is 72.7 Å². The second-order valence-electron chi connectivity index (χ2n) is 14.0. The number of carbonyl (C=O) groups is 2. The molecule has 0 radical (unpaired) electrons. The zero-order chi connectivity index (χ0) is 43.1. The Labute approximate surface area is 363 Å². The zero-order valence-corrected chi connectivity index (χ0v) is 34.6. The number of hydrogen-bond acceptors (Lipinski definition) is 10. The highest BCUT2D eigenvalue weighted by Crippen LogP contribution is 2.31. The first kappa shape index (κ1) is 45.6. The van der Waals surface area contributed by atoms with E-state index in [4.69, 9.17) is 29.8 Å². The van der Waals surface area contributed by atoms with Gasteiger partial charge in [0.1, 0.15) is 11.4 Å². The lowest BCUT2D eigenvalue weighted by atomic mass is 10.1. The first-order chi connectivity index (χ1) is 29.8. The fraction of sp³-hybridized carbons (Fsp3) is 0.176. The zero-order valence-electron chi connectivity index (χ0n) is 34.6. The topological polar surface area (TPSA) is 142 Å². The van der Waals surface area contributed by atoms with Crippen molar-refractivity contribution in [3.8, 4) is 22.5 Å². The number of aromatic nitrogens is 4. The van der Waals surface area contributed by atoms with Crippen LogP contribution in [0, 0.1) is 0 Å². The van der Waals surface area contributed by atoms with Crippen molar-refractivity contribution in [2.45, 2.75) is 20.3 Å². The second-order valence-corrected chi connectivity index (χ2v) is 14.0. The number of aliphatic hydroxyl groups is 1. The Hall–Kier alpha value is -7.50. The van der Waals surface area contributed by atoms with E-state index in [0.29, 0.717) is 22.1 Å². The van der Waals surface area contributed by atoms with Gasteiger partial charge >= 0.3 is 11.9 Å². The summed E-state index contributed by atoms with van der Waals surface area (Å²) in [5.41, 5.74) is 9.44. The molecule has 62 heavy (non-hydrogen) atoms. The standard InChI is InChI=1S/C25H23N3O2.C24H21N3O2.CH4O.CH4/c1-28(16-15-18-9-5-3-6-10-18)24-23(19-11-7-4-8-12-19)26-21-14-13-20(25(29)30-2)17-22(21)27-24;1-27(15-14-17-8-4-2-5-9-17)23-22(18-10-6-3-7-11-18)25-20-13-12-19(24(28)29)16-21(20)26-23;1-2;/h3-14,17H,15-16H2,1-2H3;2-13,16H,14-15H2,1H3,(H,28,29);2H,1H3;1H4. The van der Waals surface area contributed by atoms with E-state index in [9.17, 15) is 14.7 Å². The van der Waals surface area contributed by atoms with Gasteiger partial charge in [-0.15, -0.1) is 0 Å². The number of hydrogen-bond donors (Lipinski definition) is 2. The van der Waals surface area contributed by atoms with Crippen LogP contribution in [0.15, 0.2) is 158 Å². The van der Waals surface area contributed by atoms with Crippen molar-refractivity contribution in [1.82, 2.24) is 19.9 Å². The van der Waals surface area contributed by atoms with Crippen LogP contribution < -0.4 is 9.80 Å². The number of carboxylic acids is 1. The lowest BCUT2D eigenvalue weighted by Crippen LogP contribution is -2.22. The number of methoxy groups -OCH3 is 1. The van der Waals surface area contributed by atoms with Crippen molar-refractivity contribution in [3.05, 3.63) is 180 Å². The van der Waals surface area contributed by atoms with Gasteiger partial charge in [0.25, 0.3) is 0 Å². The van der Waals surface area contributed by atoms with E-state index in [2.05, 4.69) is 46.2 Å². The molecular formula is C51H52N6O5. The number of carbonyl (C=O) groups excluding carboxylic acids is 1. The Bertz CT molecular complexity index is 2680. The molecule has 0 aliphatic carbocycles. The summed E-state index contributed by atoms with van der Waals surface area (Å²) in [6.07, 6.45) is 1.77. The molecule has 8 aromatic rings. The normalized spacial score (nSPS) is 10.3. The third kappa shape index (κ3) is 11.4. The van der Waals surface area contributed by atoms with E-state index in [-0.39, 0.29) is 19.0 Å². The van der Waals surface area contributed by atoms with Gasteiger partial charge in [0.05, 0.1) is 40.3 Å². The lowest BCUT2D eigenvalue weighted by molar-refractivity contribution is 0.0600. The number of fused-ring (bicyclic) bond motifs is 2. The van der Waals surface area contributed by atoms with Crippen molar-refractivity contribution in [3.63, 3.8) is 0 Å². The second kappa shape index (κ2) is 22.2. The summed E-state index contributed by atoms with van der Waals surface area (Å²) in [4.78, 5) is 46.9. The molecule has 11 nitrogen and oxygen atoms in total. The van der Waals surface area contributed by atoms with Crippen LogP contribution in [0.3, 0.4) is 0 Å². The Morgan fingerprint density at radius 3 is 1.27 bits per heavy atom. The first-order valence-corrected chi connectivity index (χ1v) is 19.8. The highest BCUT2D eigenvalue weighted by Gasteiger charge is 2.18. The van der Waals surface area contributed by atoms with Gasteiger partial charge in [-0.1, -0.05) is 129 Å². The number of aliphatic hydroxyl groups excluding tert-OH is 1. The molecule has 2 heterocycles. The van der Waals surface area contributed by atoms with E-state index < -0.39 is 5.97 Å². The lowest BCUT2D eigenvalue weighted by Gasteiger charge is -2.21. The van der Waals surface area contributed by atoms with Crippen molar-refractivity contribution in [2.75, 3.05) is 51.2 Å². The Kier molecular flexibility index (Phi) is 16.3. The summed E-state index contributed by atoms with van der Waals surface area (Å²) in [7, 11) is 6.39. The van der Waals surface area contributed by atoms with Gasteiger partial charge in [-0.2, -0.15) is 0 Å². The van der Waals surface area contributed by atoms with Gasteiger partial charge < -0.3 is 24.7 Å². The van der Waals surface area contributed by atoms with Gasteiger partial charge in [0.2, 0.25) is 0 Å². The Morgan fingerprint density at radius 1 is 0.516 bits per heavy atom. The highest BCUT2D eigenvalue weighted by molar-refractivity contribution is 5.95. The predicted octanol–water partition coefficient (Wildman–Crippen LogP) is 9.68. The predicted molar refractivity (Wildman–Crippen MR) is 250 cm³/mol. The third-order valence-corrected chi connectivity index (χ3v) is 9.93. The molecule has 0 aliphatic heterocycles. The molecule has 0 unspecified atom stereocenters. The van der Waals surface area contributed by atoms with Gasteiger partial charge in [-0.3, -0.25) is 0 Å². The monoisotopic (exact) mass is 828 g/mol. The fourth-order valence-electron chi connectivity index (χ4n) is 6.67. The molecule has 0 fully saturated rings. The van der Waals surface area contributed by atoms with Crippen LogP contribution in [0.25, 0.3) is 44.6 Å². The summed E-state index contributed by atoms with van der Waals surface area (Å²) >= 11 is 0. The van der Waals surface area contributed by atoms with Gasteiger partial charge in [0.15, 0.2) is 11.6 Å². The molecule has 2 aromatic heterocycles. The molecule has 0 bridgehead atoms. The summed E-state index contributed by atoms with van der Waals surface area (Å²) in [5.74, 6) is 0.165. The van der Waals surface area contributed by atoms with Gasteiger partial charge in [-0.25, -0.2) is 29.5 Å². The SMILES string of the molecule is C.CN(CCc1ccccc1)c1nc2cc(C(=O)O)ccc2nc1-c1ccccc1.CO.COC(=O)c1ccc2nc(-c3ccccc3)c(N(C)CCc3ccccc3)nc2c1. The fourth-order valence-corrected chi connectivity index (χ4v) is 6.67.